The number of thiazole rings is 1. The van der Waals surface area contributed by atoms with Crippen LogP contribution in [-0.4, -0.2) is 10.9 Å². The number of hydrogen-bond acceptors (Lipinski definition) is 4. The Morgan fingerprint density at radius 3 is 2.65 bits per heavy atom. The number of carbonyl (C=O) groups excluding carboxylic acids is 1. The molecule has 0 fully saturated rings. The van der Waals surface area contributed by atoms with E-state index in [0.717, 1.165) is 15.6 Å². The maximum Gasteiger partial charge on any atom is 0.275 e. The van der Waals surface area contributed by atoms with Crippen molar-refractivity contribution in [2.24, 2.45) is 0 Å². The molecular formula is C15H12N2OS2. The Morgan fingerprint density at radius 1 is 1.15 bits per heavy atom. The number of nitrogens with one attached hydrogen (secondary N) is 1. The lowest BCUT2D eigenvalue weighted by molar-refractivity contribution is 0.102. The van der Waals surface area contributed by atoms with E-state index in [1.165, 1.54) is 16.2 Å². The van der Waals surface area contributed by atoms with Gasteiger partial charge in [0.05, 0.1) is 4.88 Å². The van der Waals surface area contributed by atoms with Crippen LogP contribution in [0.5, 0.6) is 0 Å². The van der Waals surface area contributed by atoms with Crippen LogP contribution >= 0.6 is 22.7 Å². The van der Waals surface area contributed by atoms with E-state index < -0.39 is 0 Å². The van der Waals surface area contributed by atoms with E-state index in [2.05, 4.69) is 23.3 Å². The number of para-hydroxylation sites is 1. The summed E-state index contributed by atoms with van der Waals surface area (Å²) in [6, 6.07) is 13.5. The summed E-state index contributed by atoms with van der Waals surface area (Å²) in [5.74, 6) is -0.174. The Kier molecular flexibility index (Phi) is 3.62. The monoisotopic (exact) mass is 300 g/mol. The minimum absolute atomic E-state index is 0.174. The third-order valence-electron chi connectivity index (χ3n) is 2.72. The Bertz CT molecular complexity index is 731. The minimum Gasteiger partial charge on any atom is -0.321 e. The Balaban J connectivity index is 1.78. The number of aryl methyl sites for hydroxylation is 1. The number of anilines is 1. The molecular weight excluding hydrogens is 288 g/mol. The van der Waals surface area contributed by atoms with Gasteiger partial charge in [-0.15, -0.1) is 22.7 Å². The van der Waals surface area contributed by atoms with Gasteiger partial charge in [-0.25, -0.2) is 4.98 Å². The van der Waals surface area contributed by atoms with E-state index in [0.29, 0.717) is 5.69 Å². The zero-order valence-electron chi connectivity index (χ0n) is 10.8. The predicted octanol–water partition coefficient (Wildman–Crippen LogP) is 4.43. The SMILES string of the molecule is Cc1ccc(-c2nc(C(=O)Nc3ccccc3)cs2)s1. The summed E-state index contributed by atoms with van der Waals surface area (Å²) in [4.78, 5) is 18.9. The lowest BCUT2D eigenvalue weighted by Crippen LogP contribution is -2.11. The molecule has 0 saturated heterocycles. The summed E-state index contributed by atoms with van der Waals surface area (Å²) in [6.07, 6.45) is 0. The Hall–Kier alpha value is -1.98. The number of nitrogens with zero attached hydrogens (tertiary/aromatic N) is 1. The maximum atomic E-state index is 12.1. The van der Waals surface area contributed by atoms with Crippen molar-refractivity contribution in [3.63, 3.8) is 0 Å². The zero-order chi connectivity index (χ0) is 13.9. The lowest BCUT2D eigenvalue weighted by atomic mass is 10.3. The van der Waals surface area contributed by atoms with Crippen molar-refractivity contribution in [2.75, 3.05) is 5.32 Å². The fourth-order valence-electron chi connectivity index (χ4n) is 1.76. The maximum absolute atomic E-state index is 12.1. The van der Waals surface area contributed by atoms with E-state index in [-0.39, 0.29) is 5.91 Å². The molecule has 0 spiro atoms. The normalized spacial score (nSPS) is 10.4. The van der Waals surface area contributed by atoms with Gasteiger partial charge in [-0.2, -0.15) is 0 Å². The smallest absolute Gasteiger partial charge is 0.275 e. The van der Waals surface area contributed by atoms with Crippen molar-refractivity contribution in [1.82, 2.24) is 4.98 Å². The predicted molar refractivity (Wildman–Crippen MR) is 84.6 cm³/mol. The fraction of sp³-hybridized carbons (Fsp3) is 0.0667. The third kappa shape index (κ3) is 2.79. The van der Waals surface area contributed by atoms with E-state index >= 15 is 0 Å². The second-order valence-corrected chi connectivity index (χ2v) is 6.41. The highest BCUT2D eigenvalue weighted by Gasteiger charge is 2.12. The molecule has 0 saturated carbocycles. The van der Waals surface area contributed by atoms with Gasteiger partial charge in [0.2, 0.25) is 0 Å². The number of rotatable bonds is 3. The summed E-state index contributed by atoms with van der Waals surface area (Å²) in [7, 11) is 0. The average Bonchev–Trinajstić information content (AvgIpc) is 3.08. The largest absolute Gasteiger partial charge is 0.321 e. The van der Waals surface area contributed by atoms with E-state index in [1.807, 2.05) is 36.4 Å². The van der Waals surface area contributed by atoms with Crippen LogP contribution in [0.4, 0.5) is 5.69 Å². The van der Waals surface area contributed by atoms with Gasteiger partial charge in [-0.05, 0) is 31.2 Å². The zero-order valence-corrected chi connectivity index (χ0v) is 12.4. The summed E-state index contributed by atoms with van der Waals surface area (Å²) >= 11 is 3.18. The summed E-state index contributed by atoms with van der Waals surface area (Å²) in [6.45, 7) is 2.06. The van der Waals surface area contributed by atoms with Crippen LogP contribution in [0.15, 0.2) is 47.8 Å². The highest BCUT2D eigenvalue weighted by molar-refractivity contribution is 7.21. The molecule has 0 aliphatic carbocycles. The van der Waals surface area contributed by atoms with Crippen molar-refractivity contribution < 1.29 is 4.79 Å². The first-order valence-corrected chi connectivity index (χ1v) is 7.81. The van der Waals surface area contributed by atoms with Crippen LogP contribution in [-0.2, 0) is 0 Å². The molecule has 3 rings (SSSR count). The Labute approximate surface area is 124 Å². The molecule has 100 valence electrons. The molecule has 1 N–H and O–H groups in total. The van der Waals surface area contributed by atoms with Crippen LogP contribution < -0.4 is 5.32 Å². The molecule has 0 radical (unpaired) electrons. The van der Waals surface area contributed by atoms with Gasteiger partial charge in [0.15, 0.2) is 0 Å². The van der Waals surface area contributed by atoms with Crippen LogP contribution in [0, 0.1) is 6.92 Å². The molecule has 0 bridgehead atoms. The molecule has 0 atom stereocenters. The van der Waals surface area contributed by atoms with Gasteiger partial charge in [0.1, 0.15) is 10.7 Å². The van der Waals surface area contributed by atoms with Crippen molar-refractivity contribution >= 4 is 34.3 Å². The molecule has 1 aromatic carbocycles. The number of aromatic nitrogens is 1. The number of benzene rings is 1. The topological polar surface area (TPSA) is 42.0 Å². The lowest BCUT2D eigenvalue weighted by Gasteiger charge is -2.01. The number of hydrogen-bond donors (Lipinski definition) is 1. The van der Waals surface area contributed by atoms with E-state index in [9.17, 15) is 4.79 Å². The second kappa shape index (κ2) is 5.56. The van der Waals surface area contributed by atoms with E-state index in [4.69, 9.17) is 0 Å². The second-order valence-electron chi connectivity index (χ2n) is 4.27. The fourth-order valence-corrected chi connectivity index (χ4v) is 3.50. The van der Waals surface area contributed by atoms with Crippen LogP contribution in [0.2, 0.25) is 0 Å². The van der Waals surface area contributed by atoms with Crippen molar-refractivity contribution in [3.05, 3.63) is 58.4 Å². The highest BCUT2D eigenvalue weighted by atomic mass is 32.1. The molecule has 2 aromatic heterocycles. The summed E-state index contributed by atoms with van der Waals surface area (Å²) in [5.41, 5.74) is 1.24. The van der Waals surface area contributed by atoms with Crippen LogP contribution in [0.1, 0.15) is 15.4 Å². The molecule has 5 heteroatoms. The molecule has 3 nitrogen and oxygen atoms in total. The standard InChI is InChI=1S/C15H12N2OS2/c1-10-7-8-13(20-10)15-17-12(9-19-15)14(18)16-11-5-3-2-4-6-11/h2-9H,1H3,(H,16,18). The highest BCUT2D eigenvalue weighted by Crippen LogP contribution is 2.30. The number of carbonyl (C=O) groups is 1. The van der Waals surface area contributed by atoms with Gasteiger partial charge in [0, 0.05) is 15.9 Å². The van der Waals surface area contributed by atoms with Gasteiger partial charge in [0.25, 0.3) is 5.91 Å². The van der Waals surface area contributed by atoms with Crippen LogP contribution in [0.3, 0.4) is 0 Å². The quantitative estimate of drug-likeness (QED) is 0.777. The van der Waals surface area contributed by atoms with Crippen molar-refractivity contribution in [1.29, 1.82) is 0 Å². The molecule has 3 aromatic rings. The molecule has 0 unspecified atom stereocenters. The van der Waals surface area contributed by atoms with Gasteiger partial charge in [-0.1, -0.05) is 18.2 Å². The van der Waals surface area contributed by atoms with Gasteiger partial charge >= 0.3 is 0 Å². The molecule has 0 aliphatic rings. The van der Waals surface area contributed by atoms with Crippen molar-refractivity contribution in [2.45, 2.75) is 6.92 Å². The van der Waals surface area contributed by atoms with Gasteiger partial charge < -0.3 is 5.32 Å². The molecule has 1 amide bonds. The van der Waals surface area contributed by atoms with Crippen LogP contribution in [0.25, 0.3) is 9.88 Å². The minimum atomic E-state index is -0.174. The summed E-state index contributed by atoms with van der Waals surface area (Å²) < 4.78 is 0. The number of amides is 1. The summed E-state index contributed by atoms with van der Waals surface area (Å²) in [5, 5.41) is 5.52. The molecule has 2 heterocycles. The van der Waals surface area contributed by atoms with E-state index in [1.54, 1.807) is 16.7 Å². The first kappa shape index (κ1) is 13.0. The first-order chi connectivity index (χ1) is 9.72. The molecule has 20 heavy (non-hydrogen) atoms. The molecule has 0 aliphatic heterocycles. The van der Waals surface area contributed by atoms with Gasteiger partial charge in [-0.3, -0.25) is 4.79 Å². The third-order valence-corrected chi connectivity index (χ3v) is 4.73. The Morgan fingerprint density at radius 2 is 1.95 bits per heavy atom. The average molecular weight is 300 g/mol. The van der Waals surface area contributed by atoms with Crippen molar-refractivity contribution in [3.8, 4) is 9.88 Å². The first-order valence-electron chi connectivity index (χ1n) is 6.11. The number of thiophene rings is 1.